The van der Waals surface area contributed by atoms with Crippen LogP contribution in [0.5, 0.6) is 0 Å². The Labute approximate surface area is 65.3 Å². The Kier molecular flexibility index (Phi) is 95.7. The fourth-order valence-electron chi connectivity index (χ4n) is 0. The molecule has 37 valence electrons. The van der Waals surface area contributed by atoms with Crippen LogP contribution in [0.15, 0.2) is 0 Å². The summed E-state index contributed by atoms with van der Waals surface area (Å²) in [6.07, 6.45) is 0. The van der Waals surface area contributed by atoms with Gasteiger partial charge in [-0.15, -0.1) is 0 Å². The van der Waals surface area contributed by atoms with Crippen LogP contribution >= 0.6 is 0 Å². The van der Waals surface area contributed by atoms with Crippen molar-refractivity contribution in [2.45, 2.75) is 6.92 Å². The molecule has 0 aliphatic rings. The van der Waals surface area contributed by atoms with Crippen molar-refractivity contribution < 1.29 is 37.4 Å². The molecule has 0 aromatic rings. The average molecular weight is 163 g/mol. The van der Waals surface area contributed by atoms with E-state index in [1.54, 1.807) is 6.92 Å². The second-order valence-electron chi connectivity index (χ2n) is 0.289. The molecule has 0 aliphatic carbocycles. The minimum atomic E-state index is 0. The molecule has 0 unspecified atom stereocenters. The number of hydrogen-bond donors (Lipinski definition) is 0. The quantitative estimate of drug-likeness (QED) is 0.488. The fraction of sp³-hybridized carbons (Fsp3) is 0.500. The van der Waals surface area contributed by atoms with Crippen molar-refractivity contribution in [1.82, 2.24) is 0 Å². The summed E-state index contributed by atoms with van der Waals surface area (Å²) in [6, 6.07) is 0. The van der Waals surface area contributed by atoms with Crippen molar-refractivity contribution >= 4 is 0 Å². The van der Waals surface area contributed by atoms with Crippen LogP contribution in [0.3, 0.4) is 0 Å². The third kappa shape index (κ3) is 73.9. The zero-order chi connectivity index (χ0) is 4.71. The zero-order valence-corrected chi connectivity index (χ0v) is 7.24. The van der Waals surface area contributed by atoms with Crippen molar-refractivity contribution in [3.05, 3.63) is 14.0 Å². The maximum atomic E-state index is 4.00. The number of rotatable bonds is 0. The van der Waals surface area contributed by atoms with Gasteiger partial charge in [0.25, 0.3) is 0 Å². The summed E-state index contributed by atoms with van der Waals surface area (Å²) in [7, 11) is 4.50. The summed E-state index contributed by atoms with van der Waals surface area (Å²) >= 11 is 0. The second-order valence-corrected chi connectivity index (χ2v) is 0.289. The van der Waals surface area contributed by atoms with Gasteiger partial charge in [-0.2, -0.15) is 6.92 Å². The summed E-state index contributed by atoms with van der Waals surface area (Å²) in [6.45, 7) is 5.00. The van der Waals surface area contributed by atoms with Gasteiger partial charge < -0.3 is 11.7 Å². The first-order valence-electron chi connectivity index (χ1n) is 1.40. The molecule has 0 spiro atoms. The zero-order valence-electron chi connectivity index (χ0n) is 4.40. The first-order chi connectivity index (χ1) is 2.41. The molecule has 0 amide bonds. The third-order valence-electron chi connectivity index (χ3n) is 0. The molecule has 0 atom stereocenters. The smallest absolute Gasteiger partial charge is 0 e. The summed E-state index contributed by atoms with van der Waals surface area (Å²) in [5.41, 5.74) is 0. The van der Waals surface area contributed by atoms with E-state index in [1.165, 1.54) is 7.11 Å². The van der Waals surface area contributed by atoms with Gasteiger partial charge >= 0.3 is 0 Å². The first kappa shape index (κ1) is 15.7. The van der Waals surface area contributed by atoms with Gasteiger partial charge in [0.15, 0.2) is 0 Å². The van der Waals surface area contributed by atoms with Gasteiger partial charge in [0.05, 0.1) is 0 Å². The average Bonchev–Trinajstić information content (AvgIpc) is 1.46. The van der Waals surface area contributed by atoms with Crippen LogP contribution in [0.25, 0.3) is 0 Å². The van der Waals surface area contributed by atoms with Gasteiger partial charge in [-0.1, -0.05) is 0 Å². The Morgan fingerprint density at radius 3 is 1.33 bits per heavy atom. The van der Waals surface area contributed by atoms with Crippen molar-refractivity contribution in [2.24, 2.45) is 0 Å². The summed E-state index contributed by atoms with van der Waals surface area (Å²) in [5.74, 6) is 0. The topological polar surface area (TPSA) is 9.23 Å². The van der Waals surface area contributed by atoms with Crippen molar-refractivity contribution in [2.75, 3.05) is 7.11 Å². The van der Waals surface area contributed by atoms with Crippen LogP contribution in [-0.2, 0) is 37.4 Å². The standard InChI is InChI=1S/C2H5O.C2H5.Y/c1-3-2;1-2;/h1H2,2H3;1H2,2H3;/q2*-1;. The molecule has 0 heterocycles. The molecule has 0 aromatic carbocycles. The molecular weight excluding hydrogens is 153 g/mol. The van der Waals surface area contributed by atoms with Gasteiger partial charge in [0.2, 0.25) is 0 Å². The Bertz CT molecular complexity index is 7.51. The summed E-state index contributed by atoms with van der Waals surface area (Å²) < 4.78 is 4.00. The normalized spacial score (nSPS) is 4.00. The van der Waals surface area contributed by atoms with E-state index in [0.717, 1.165) is 0 Å². The Balaban J connectivity index is -0.0000000275. The van der Waals surface area contributed by atoms with E-state index in [1.807, 2.05) is 0 Å². The molecule has 0 saturated heterocycles. The monoisotopic (exact) mass is 163 g/mol. The van der Waals surface area contributed by atoms with Gasteiger partial charge in [-0.25, -0.2) is 7.11 Å². The van der Waals surface area contributed by atoms with E-state index in [0.29, 0.717) is 0 Å². The predicted molar refractivity (Wildman–Crippen MR) is 23.4 cm³/mol. The molecule has 0 N–H and O–H groups in total. The van der Waals surface area contributed by atoms with E-state index in [9.17, 15) is 0 Å². The molecular formula is C4H10OY-2. The minimum Gasteiger partial charge on any atom is -0.557 e. The maximum Gasteiger partial charge on any atom is 0 e. The summed E-state index contributed by atoms with van der Waals surface area (Å²) in [5, 5.41) is 0. The van der Waals surface area contributed by atoms with Crippen molar-refractivity contribution in [3.63, 3.8) is 0 Å². The molecule has 2 heteroatoms. The van der Waals surface area contributed by atoms with Crippen LogP contribution in [0.2, 0.25) is 0 Å². The molecule has 0 aromatic heterocycles. The molecule has 1 nitrogen and oxygen atoms in total. The van der Waals surface area contributed by atoms with Crippen LogP contribution in [0, 0.1) is 14.0 Å². The van der Waals surface area contributed by atoms with Gasteiger partial charge in [-0.05, 0) is 7.11 Å². The van der Waals surface area contributed by atoms with Gasteiger partial charge in [0.1, 0.15) is 0 Å². The molecule has 0 rings (SSSR count). The molecule has 6 heavy (non-hydrogen) atoms. The molecule has 0 aliphatic heterocycles. The third-order valence-corrected chi connectivity index (χ3v) is 0. The number of methoxy groups -OCH3 is 1. The fourth-order valence-corrected chi connectivity index (χ4v) is 0. The number of ether oxygens (including phenoxy) is 1. The van der Waals surface area contributed by atoms with Crippen LogP contribution in [0.1, 0.15) is 6.92 Å². The van der Waals surface area contributed by atoms with E-state index in [-0.39, 0.29) is 32.7 Å². The summed E-state index contributed by atoms with van der Waals surface area (Å²) in [4.78, 5) is 0. The molecule has 1 radical (unpaired) electrons. The van der Waals surface area contributed by atoms with Gasteiger partial charge in [-0.3, -0.25) is 0 Å². The molecule has 0 saturated carbocycles. The van der Waals surface area contributed by atoms with Crippen LogP contribution in [-0.4, -0.2) is 7.11 Å². The van der Waals surface area contributed by atoms with E-state index >= 15 is 0 Å². The molecule has 0 fully saturated rings. The predicted octanol–water partition coefficient (Wildman–Crippen LogP) is 1.26. The Hall–Kier alpha value is 1.06. The largest absolute Gasteiger partial charge is 0.557 e. The second kappa shape index (κ2) is 36.5. The van der Waals surface area contributed by atoms with E-state index in [4.69, 9.17) is 0 Å². The van der Waals surface area contributed by atoms with E-state index < -0.39 is 0 Å². The van der Waals surface area contributed by atoms with Crippen molar-refractivity contribution in [1.29, 1.82) is 0 Å². The SMILES string of the molecule is [CH2-]C.[CH2-]OC.[Y]. The maximum absolute atomic E-state index is 4.00. The van der Waals surface area contributed by atoms with Crippen LogP contribution < -0.4 is 0 Å². The molecule has 0 bridgehead atoms. The van der Waals surface area contributed by atoms with E-state index in [2.05, 4.69) is 18.8 Å². The number of hydrogen-bond acceptors (Lipinski definition) is 1. The van der Waals surface area contributed by atoms with Crippen molar-refractivity contribution in [3.8, 4) is 0 Å². The van der Waals surface area contributed by atoms with Gasteiger partial charge in [0, 0.05) is 32.7 Å². The minimum absolute atomic E-state index is 0. The Morgan fingerprint density at radius 2 is 1.33 bits per heavy atom. The van der Waals surface area contributed by atoms with Crippen LogP contribution in [0.4, 0.5) is 0 Å². The Morgan fingerprint density at radius 1 is 1.33 bits per heavy atom. The first-order valence-corrected chi connectivity index (χ1v) is 1.40.